The van der Waals surface area contributed by atoms with E-state index in [1.54, 1.807) is 0 Å². The van der Waals surface area contributed by atoms with Crippen molar-refractivity contribution in [2.75, 3.05) is 19.7 Å². The molecular formula is C15H19NO2S. The van der Waals surface area contributed by atoms with Crippen molar-refractivity contribution >= 4 is 17.2 Å². The van der Waals surface area contributed by atoms with Crippen molar-refractivity contribution in [3.63, 3.8) is 0 Å². The Morgan fingerprint density at radius 3 is 2.89 bits per heavy atom. The summed E-state index contributed by atoms with van der Waals surface area (Å²) >= 11 is 1.42. The zero-order chi connectivity index (χ0) is 13.8. The third kappa shape index (κ3) is 3.59. The van der Waals surface area contributed by atoms with Crippen molar-refractivity contribution in [2.45, 2.75) is 26.7 Å². The van der Waals surface area contributed by atoms with Gasteiger partial charge >= 0.3 is 0 Å². The second-order valence-corrected chi connectivity index (χ2v) is 5.92. The Balaban J connectivity index is 2.13. The number of carbonyl (C=O) groups excluding carboxylic acids is 1. The van der Waals surface area contributed by atoms with E-state index in [-0.39, 0.29) is 12.5 Å². The number of thiophene rings is 1. The van der Waals surface area contributed by atoms with Crippen LogP contribution in [-0.4, -0.2) is 35.6 Å². The smallest absolute Gasteiger partial charge is 0.263 e. The molecule has 1 heterocycles. The molecule has 1 aromatic heterocycles. The van der Waals surface area contributed by atoms with Crippen molar-refractivity contribution in [2.24, 2.45) is 5.92 Å². The lowest BCUT2D eigenvalue weighted by atomic mass is 10.2. The number of aryl methyl sites for hydroxylation is 1. The lowest BCUT2D eigenvalue weighted by Crippen LogP contribution is -2.32. The van der Waals surface area contributed by atoms with Crippen LogP contribution >= 0.6 is 11.3 Å². The van der Waals surface area contributed by atoms with E-state index in [2.05, 4.69) is 11.8 Å². The molecular weight excluding hydrogens is 258 g/mol. The summed E-state index contributed by atoms with van der Waals surface area (Å²) in [6.45, 7) is 5.45. The lowest BCUT2D eigenvalue weighted by Gasteiger charge is -2.19. The van der Waals surface area contributed by atoms with Crippen molar-refractivity contribution in [3.8, 4) is 11.8 Å². The van der Waals surface area contributed by atoms with Crippen LogP contribution in [0.1, 0.15) is 39.9 Å². The van der Waals surface area contributed by atoms with Crippen molar-refractivity contribution < 1.29 is 9.90 Å². The minimum absolute atomic E-state index is 0.111. The first kappa shape index (κ1) is 14.1. The van der Waals surface area contributed by atoms with Crippen LogP contribution in [0.25, 0.3) is 0 Å². The Morgan fingerprint density at radius 1 is 1.58 bits per heavy atom. The van der Waals surface area contributed by atoms with Gasteiger partial charge in [-0.25, -0.2) is 0 Å². The average molecular weight is 277 g/mol. The molecule has 0 spiro atoms. The number of aliphatic hydroxyl groups is 1. The van der Waals surface area contributed by atoms with Gasteiger partial charge in [-0.3, -0.25) is 4.79 Å². The normalized spacial score (nSPS) is 13.8. The molecule has 1 N–H and O–H groups in total. The van der Waals surface area contributed by atoms with E-state index >= 15 is 0 Å². The Morgan fingerprint density at radius 2 is 2.32 bits per heavy atom. The molecule has 1 amide bonds. The van der Waals surface area contributed by atoms with Gasteiger partial charge in [-0.2, -0.15) is 0 Å². The predicted molar refractivity (Wildman–Crippen MR) is 77.3 cm³/mol. The largest absolute Gasteiger partial charge is 0.384 e. The first-order valence-electron chi connectivity index (χ1n) is 6.65. The van der Waals surface area contributed by atoms with Crippen LogP contribution in [0.4, 0.5) is 0 Å². The minimum Gasteiger partial charge on any atom is -0.384 e. The summed E-state index contributed by atoms with van der Waals surface area (Å²) in [5.74, 6) is 6.35. The van der Waals surface area contributed by atoms with Crippen molar-refractivity contribution in [3.05, 3.63) is 21.4 Å². The van der Waals surface area contributed by atoms with E-state index in [1.807, 2.05) is 24.8 Å². The number of carbonyl (C=O) groups is 1. The standard InChI is InChI=1S/C15H19NO2S/c1-3-16(10-12-6-7-12)15(18)14-9-11(2)13(19-14)5-4-8-17/h9,12,17H,3,6-8,10H2,1-2H3. The van der Waals surface area contributed by atoms with E-state index in [0.717, 1.165) is 28.4 Å². The van der Waals surface area contributed by atoms with Crippen LogP contribution in [0, 0.1) is 24.7 Å². The summed E-state index contributed by atoms with van der Waals surface area (Å²) in [6, 6.07) is 1.91. The second-order valence-electron chi connectivity index (χ2n) is 4.87. The fourth-order valence-corrected chi connectivity index (χ4v) is 2.97. The summed E-state index contributed by atoms with van der Waals surface area (Å²) in [5.41, 5.74) is 1.01. The van der Waals surface area contributed by atoms with Gasteiger partial charge in [0.2, 0.25) is 0 Å². The van der Waals surface area contributed by atoms with E-state index in [4.69, 9.17) is 5.11 Å². The molecule has 0 aromatic carbocycles. The minimum atomic E-state index is -0.149. The molecule has 1 aliphatic carbocycles. The summed E-state index contributed by atoms with van der Waals surface area (Å²) in [4.78, 5) is 16.0. The van der Waals surface area contributed by atoms with Gasteiger partial charge < -0.3 is 10.0 Å². The third-order valence-corrected chi connectivity index (χ3v) is 4.39. The monoisotopic (exact) mass is 277 g/mol. The molecule has 1 aliphatic rings. The van der Waals surface area contributed by atoms with Gasteiger partial charge in [0.15, 0.2) is 0 Å². The highest BCUT2D eigenvalue weighted by molar-refractivity contribution is 7.14. The highest BCUT2D eigenvalue weighted by atomic mass is 32.1. The van der Waals surface area contributed by atoms with Crippen LogP contribution in [0.15, 0.2) is 6.07 Å². The lowest BCUT2D eigenvalue weighted by molar-refractivity contribution is 0.0761. The van der Waals surface area contributed by atoms with Gasteiger partial charge in [0.1, 0.15) is 6.61 Å². The number of aliphatic hydroxyl groups excluding tert-OH is 1. The quantitative estimate of drug-likeness (QED) is 0.858. The zero-order valence-corrected chi connectivity index (χ0v) is 12.2. The SMILES string of the molecule is CCN(CC1CC1)C(=O)c1cc(C)c(C#CCO)s1. The van der Waals surface area contributed by atoms with Crippen molar-refractivity contribution in [1.82, 2.24) is 4.90 Å². The molecule has 3 nitrogen and oxygen atoms in total. The van der Waals surface area contributed by atoms with Gasteiger partial charge in [-0.15, -0.1) is 11.3 Å². The van der Waals surface area contributed by atoms with Crippen LogP contribution in [-0.2, 0) is 0 Å². The molecule has 0 unspecified atom stereocenters. The van der Waals surface area contributed by atoms with Crippen LogP contribution < -0.4 is 0 Å². The summed E-state index contributed by atoms with van der Waals surface area (Å²) in [7, 11) is 0. The molecule has 0 bridgehead atoms. The summed E-state index contributed by atoms with van der Waals surface area (Å²) in [6.07, 6.45) is 2.50. The molecule has 0 aliphatic heterocycles. The Bertz CT molecular complexity index is 520. The molecule has 1 saturated carbocycles. The molecule has 1 aromatic rings. The Kier molecular flexibility index (Phi) is 4.62. The van der Waals surface area contributed by atoms with Gasteiger partial charge in [0.25, 0.3) is 5.91 Å². The number of amides is 1. The van der Waals surface area contributed by atoms with Gasteiger partial charge in [-0.1, -0.05) is 11.8 Å². The maximum absolute atomic E-state index is 12.4. The van der Waals surface area contributed by atoms with E-state index < -0.39 is 0 Å². The van der Waals surface area contributed by atoms with E-state index in [0.29, 0.717) is 5.92 Å². The van der Waals surface area contributed by atoms with Crippen LogP contribution in [0.2, 0.25) is 0 Å². The molecule has 102 valence electrons. The molecule has 1 fully saturated rings. The van der Waals surface area contributed by atoms with Gasteiger partial charge in [0, 0.05) is 13.1 Å². The highest BCUT2D eigenvalue weighted by Crippen LogP contribution is 2.31. The first-order chi connectivity index (χ1) is 9.15. The summed E-state index contributed by atoms with van der Waals surface area (Å²) in [5, 5.41) is 8.72. The van der Waals surface area contributed by atoms with Crippen LogP contribution in [0.5, 0.6) is 0 Å². The fourth-order valence-electron chi connectivity index (χ4n) is 1.95. The molecule has 19 heavy (non-hydrogen) atoms. The number of nitrogens with zero attached hydrogens (tertiary/aromatic N) is 1. The van der Waals surface area contributed by atoms with E-state index in [1.165, 1.54) is 24.2 Å². The predicted octanol–water partition coefficient (Wildman–Crippen LogP) is 2.27. The maximum atomic E-state index is 12.4. The topological polar surface area (TPSA) is 40.5 Å². The third-order valence-electron chi connectivity index (χ3n) is 3.25. The van der Waals surface area contributed by atoms with Gasteiger partial charge in [-0.05, 0) is 44.2 Å². The van der Waals surface area contributed by atoms with Crippen molar-refractivity contribution in [1.29, 1.82) is 0 Å². The molecule has 0 atom stereocenters. The number of hydrogen-bond acceptors (Lipinski definition) is 3. The molecule has 0 radical (unpaired) electrons. The number of rotatable bonds is 4. The van der Waals surface area contributed by atoms with Crippen LogP contribution in [0.3, 0.4) is 0 Å². The highest BCUT2D eigenvalue weighted by Gasteiger charge is 2.27. The second kappa shape index (κ2) is 6.23. The first-order valence-corrected chi connectivity index (χ1v) is 7.46. The molecule has 0 saturated heterocycles. The maximum Gasteiger partial charge on any atom is 0.263 e. The molecule has 4 heteroatoms. The average Bonchev–Trinajstić information content (AvgIpc) is 3.15. The molecule has 2 rings (SSSR count). The Hall–Kier alpha value is -1.31. The number of hydrogen-bond donors (Lipinski definition) is 1. The summed E-state index contributed by atoms with van der Waals surface area (Å²) < 4.78 is 0. The fraction of sp³-hybridized carbons (Fsp3) is 0.533. The van der Waals surface area contributed by atoms with E-state index in [9.17, 15) is 4.79 Å². The Labute approximate surface area is 118 Å². The van der Waals surface area contributed by atoms with Gasteiger partial charge in [0.05, 0.1) is 9.75 Å². The zero-order valence-electron chi connectivity index (χ0n) is 11.4.